The summed E-state index contributed by atoms with van der Waals surface area (Å²) in [6.45, 7) is 3.10. The van der Waals surface area contributed by atoms with Gasteiger partial charge in [-0.05, 0) is 0 Å². The molecule has 3 aliphatic heterocycles. The minimum absolute atomic E-state index is 0.117. The summed E-state index contributed by atoms with van der Waals surface area (Å²) in [7, 11) is 0. The molecule has 2 saturated heterocycles. The van der Waals surface area contributed by atoms with Crippen molar-refractivity contribution in [3.05, 3.63) is 24.5 Å². The van der Waals surface area contributed by atoms with Gasteiger partial charge in [0.05, 0.1) is 18.4 Å². The van der Waals surface area contributed by atoms with Gasteiger partial charge in [0, 0.05) is 18.3 Å². The summed E-state index contributed by atoms with van der Waals surface area (Å²) in [6, 6.07) is 0. The predicted octanol–water partition coefficient (Wildman–Crippen LogP) is -2.27. The first-order chi connectivity index (χ1) is 12.4. The van der Waals surface area contributed by atoms with Gasteiger partial charge in [0.1, 0.15) is 24.4 Å². The van der Waals surface area contributed by atoms with E-state index in [1.807, 2.05) is 0 Å². The average molecular weight is 374 g/mol. The van der Waals surface area contributed by atoms with Crippen LogP contribution in [0.2, 0.25) is 0 Å². The van der Waals surface area contributed by atoms with E-state index in [2.05, 4.69) is 6.58 Å². The van der Waals surface area contributed by atoms with E-state index in [-0.39, 0.29) is 12.0 Å². The van der Waals surface area contributed by atoms with Crippen molar-refractivity contribution in [2.24, 2.45) is 11.8 Å². The van der Waals surface area contributed by atoms with Crippen LogP contribution in [0.5, 0.6) is 0 Å². The SMILES string of the molecule is C=C[C@H]1[C@H](O[C@@H]2O[C@H](CO)[C@@H](O)[C@H](O)[C@H]2O)OC=C2C(=O)O[C@H](O)C[C@H]21. The third-order valence-electron chi connectivity index (χ3n) is 4.83. The molecule has 10 nitrogen and oxygen atoms in total. The van der Waals surface area contributed by atoms with E-state index in [9.17, 15) is 30.3 Å². The van der Waals surface area contributed by atoms with Crippen LogP contribution in [-0.2, 0) is 23.7 Å². The third kappa shape index (κ3) is 3.37. The molecular weight excluding hydrogens is 352 g/mol. The lowest BCUT2D eigenvalue weighted by molar-refractivity contribution is -0.340. The van der Waals surface area contributed by atoms with E-state index in [1.54, 1.807) is 0 Å². The first-order valence-electron chi connectivity index (χ1n) is 8.20. The zero-order chi connectivity index (χ0) is 19.0. The van der Waals surface area contributed by atoms with Crippen LogP contribution in [0.4, 0.5) is 0 Å². The van der Waals surface area contributed by atoms with Crippen LogP contribution in [-0.4, -0.2) is 81.4 Å². The Morgan fingerprint density at radius 3 is 2.58 bits per heavy atom. The largest absolute Gasteiger partial charge is 0.471 e. The Labute approximate surface area is 148 Å². The molecule has 3 aliphatic rings. The number of aliphatic hydroxyl groups excluding tert-OH is 5. The number of carbonyl (C=O) groups excluding carboxylic acids is 1. The highest BCUT2D eigenvalue weighted by Gasteiger charge is 2.48. The minimum Gasteiger partial charge on any atom is -0.471 e. The number of hydrogen-bond donors (Lipinski definition) is 5. The molecule has 0 unspecified atom stereocenters. The summed E-state index contributed by atoms with van der Waals surface area (Å²) in [5.41, 5.74) is 0.230. The Morgan fingerprint density at radius 1 is 1.19 bits per heavy atom. The van der Waals surface area contributed by atoms with Crippen LogP contribution in [0.15, 0.2) is 24.5 Å². The number of cyclic esters (lactones) is 1. The van der Waals surface area contributed by atoms with Crippen molar-refractivity contribution in [2.45, 2.75) is 49.7 Å². The summed E-state index contributed by atoms with van der Waals surface area (Å²) in [5.74, 6) is -1.76. The van der Waals surface area contributed by atoms with Crippen LogP contribution in [0.1, 0.15) is 6.42 Å². The summed E-state index contributed by atoms with van der Waals surface area (Å²) >= 11 is 0. The maximum atomic E-state index is 11.9. The Kier molecular flexibility index (Phi) is 5.63. The normalized spacial score (nSPS) is 45.8. The molecule has 0 aromatic carbocycles. The second-order valence-electron chi connectivity index (χ2n) is 6.43. The third-order valence-corrected chi connectivity index (χ3v) is 4.83. The number of aliphatic hydroxyl groups is 5. The number of esters is 1. The van der Waals surface area contributed by atoms with Gasteiger partial charge in [-0.25, -0.2) is 4.79 Å². The summed E-state index contributed by atoms with van der Waals surface area (Å²) in [6.07, 6.45) is -6.75. The number of hydrogen-bond acceptors (Lipinski definition) is 10. The molecule has 0 bridgehead atoms. The van der Waals surface area contributed by atoms with Gasteiger partial charge in [0.25, 0.3) is 0 Å². The topological polar surface area (TPSA) is 155 Å². The number of fused-ring (bicyclic) bond motifs is 1. The molecule has 26 heavy (non-hydrogen) atoms. The number of carbonyl (C=O) groups is 1. The van der Waals surface area contributed by atoms with Crippen molar-refractivity contribution >= 4 is 5.97 Å². The minimum atomic E-state index is -1.59. The first-order valence-corrected chi connectivity index (χ1v) is 8.20. The van der Waals surface area contributed by atoms with Crippen molar-refractivity contribution in [1.29, 1.82) is 0 Å². The van der Waals surface area contributed by atoms with Crippen molar-refractivity contribution in [2.75, 3.05) is 6.61 Å². The van der Waals surface area contributed by atoms with Gasteiger partial charge in [-0.3, -0.25) is 0 Å². The summed E-state index contributed by atoms with van der Waals surface area (Å²) in [5, 5.41) is 48.6. The van der Waals surface area contributed by atoms with Crippen molar-refractivity contribution in [3.63, 3.8) is 0 Å². The van der Waals surface area contributed by atoms with E-state index in [1.165, 1.54) is 6.08 Å². The molecule has 0 spiro atoms. The Hall–Kier alpha value is -1.53. The highest BCUT2D eigenvalue weighted by atomic mass is 16.8. The molecule has 2 fully saturated rings. The molecule has 9 atom stereocenters. The molecule has 146 valence electrons. The quantitative estimate of drug-likeness (QED) is 0.269. The molecule has 0 aliphatic carbocycles. The maximum Gasteiger partial charge on any atom is 0.339 e. The lowest BCUT2D eigenvalue weighted by atomic mass is 9.80. The predicted molar refractivity (Wildman–Crippen MR) is 81.7 cm³/mol. The zero-order valence-corrected chi connectivity index (χ0v) is 13.7. The van der Waals surface area contributed by atoms with Crippen LogP contribution in [0.25, 0.3) is 0 Å². The van der Waals surface area contributed by atoms with Gasteiger partial charge in [-0.1, -0.05) is 6.08 Å². The highest BCUT2D eigenvalue weighted by Crippen LogP contribution is 2.39. The Morgan fingerprint density at radius 2 is 1.92 bits per heavy atom. The molecule has 0 radical (unpaired) electrons. The fourth-order valence-corrected chi connectivity index (χ4v) is 3.37. The van der Waals surface area contributed by atoms with E-state index < -0.39 is 67.7 Å². The van der Waals surface area contributed by atoms with E-state index in [0.717, 1.165) is 6.26 Å². The van der Waals surface area contributed by atoms with Gasteiger partial charge in [-0.15, -0.1) is 6.58 Å². The molecule has 0 saturated carbocycles. The van der Waals surface area contributed by atoms with Crippen molar-refractivity contribution < 1.29 is 49.3 Å². The lowest BCUT2D eigenvalue weighted by Crippen LogP contribution is -2.60. The smallest absolute Gasteiger partial charge is 0.339 e. The van der Waals surface area contributed by atoms with Gasteiger partial charge < -0.3 is 44.5 Å². The average Bonchev–Trinajstić information content (AvgIpc) is 2.61. The van der Waals surface area contributed by atoms with E-state index in [0.29, 0.717) is 0 Å². The monoisotopic (exact) mass is 374 g/mol. The molecule has 10 heteroatoms. The summed E-state index contributed by atoms with van der Waals surface area (Å²) < 4.78 is 21.0. The molecule has 3 rings (SSSR count). The van der Waals surface area contributed by atoms with Gasteiger partial charge >= 0.3 is 5.97 Å². The van der Waals surface area contributed by atoms with Gasteiger partial charge in [0.15, 0.2) is 6.29 Å². The number of ether oxygens (including phenoxy) is 4. The molecule has 0 aromatic heterocycles. The fraction of sp³-hybridized carbons (Fsp3) is 0.688. The van der Waals surface area contributed by atoms with E-state index >= 15 is 0 Å². The summed E-state index contributed by atoms with van der Waals surface area (Å²) in [4.78, 5) is 11.9. The lowest BCUT2D eigenvalue weighted by Gasteiger charge is -2.43. The Balaban J connectivity index is 1.77. The molecule has 3 heterocycles. The molecule has 0 aromatic rings. The maximum absolute atomic E-state index is 11.9. The molecule has 5 N–H and O–H groups in total. The van der Waals surface area contributed by atoms with Crippen LogP contribution in [0.3, 0.4) is 0 Å². The first kappa shape index (κ1) is 19.2. The van der Waals surface area contributed by atoms with Crippen LogP contribution >= 0.6 is 0 Å². The number of rotatable bonds is 4. The molecule has 0 amide bonds. The highest BCUT2D eigenvalue weighted by molar-refractivity contribution is 5.89. The Bertz CT molecular complexity index is 575. The second kappa shape index (κ2) is 7.61. The molecular formula is C16H22O10. The second-order valence-corrected chi connectivity index (χ2v) is 6.43. The van der Waals surface area contributed by atoms with Crippen molar-refractivity contribution in [3.8, 4) is 0 Å². The fourth-order valence-electron chi connectivity index (χ4n) is 3.37. The van der Waals surface area contributed by atoms with E-state index in [4.69, 9.17) is 18.9 Å². The van der Waals surface area contributed by atoms with Crippen LogP contribution in [0, 0.1) is 11.8 Å². The van der Waals surface area contributed by atoms with Crippen molar-refractivity contribution in [1.82, 2.24) is 0 Å². The van der Waals surface area contributed by atoms with Gasteiger partial charge in [0.2, 0.25) is 12.6 Å². The van der Waals surface area contributed by atoms with Gasteiger partial charge in [-0.2, -0.15) is 0 Å². The van der Waals surface area contributed by atoms with Crippen LogP contribution < -0.4 is 0 Å². The standard InChI is InChI=1S/C16H22O10/c1-2-6-7-3-10(18)25-14(22)8(7)5-23-15(6)26-16-13(21)12(20)11(19)9(4-17)24-16/h2,5-7,9-13,15-21H,1,3-4H2/t6-,7+,9-,10+,11-,12+,13-,15+,16+/m1/s1. The zero-order valence-electron chi connectivity index (χ0n) is 13.7.